The van der Waals surface area contributed by atoms with Crippen molar-refractivity contribution in [2.75, 3.05) is 13.2 Å². The van der Waals surface area contributed by atoms with Crippen LogP contribution in [0.4, 0.5) is 0 Å². The fraction of sp³-hybridized carbons (Fsp3) is 0.643. The number of aryl methyl sites for hydroxylation is 2. The molecule has 4 heteroatoms. The van der Waals surface area contributed by atoms with Gasteiger partial charge in [-0.2, -0.15) is 0 Å². The maximum Gasteiger partial charge on any atom is 0.196 e. The number of carbonyl (C=O) groups excluding carboxylic acids is 1. The molecule has 1 aliphatic heterocycles. The second-order valence-corrected chi connectivity index (χ2v) is 6.28. The molecule has 3 nitrogen and oxygen atoms in total. The van der Waals surface area contributed by atoms with Crippen LogP contribution in [0.2, 0.25) is 0 Å². The van der Waals surface area contributed by atoms with E-state index in [0.29, 0.717) is 19.6 Å². The van der Waals surface area contributed by atoms with E-state index in [4.69, 9.17) is 9.47 Å². The molecule has 1 aromatic rings. The van der Waals surface area contributed by atoms with Crippen LogP contribution >= 0.6 is 11.3 Å². The Morgan fingerprint density at radius 3 is 2.94 bits per heavy atom. The number of ether oxygens (including phenoxy) is 2. The van der Waals surface area contributed by atoms with E-state index in [-0.39, 0.29) is 5.78 Å². The molecule has 2 aliphatic rings. The lowest BCUT2D eigenvalue weighted by Gasteiger charge is -2.31. The van der Waals surface area contributed by atoms with Crippen molar-refractivity contribution in [3.63, 3.8) is 0 Å². The zero-order valence-corrected chi connectivity index (χ0v) is 11.5. The van der Waals surface area contributed by atoms with Crippen LogP contribution < -0.4 is 0 Å². The molecule has 0 unspecified atom stereocenters. The quantitative estimate of drug-likeness (QED) is 0.844. The van der Waals surface area contributed by atoms with Crippen molar-refractivity contribution in [3.8, 4) is 0 Å². The summed E-state index contributed by atoms with van der Waals surface area (Å²) in [7, 11) is 0. The Labute approximate surface area is 111 Å². The van der Waals surface area contributed by atoms with Gasteiger partial charge in [0.2, 0.25) is 0 Å². The van der Waals surface area contributed by atoms with E-state index in [9.17, 15) is 4.79 Å². The third kappa shape index (κ3) is 2.13. The normalized spacial score (nSPS) is 21.2. The first-order chi connectivity index (χ1) is 8.70. The van der Waals surface area contributed by atoms with Gasteiger partial charge in [-0.3, -0.25) is 0 Å². The van der Waals surface area contributed by atoms with Crippen LogP contribution in [-0.4, -0.2) is 19.0 Å². The molecular weight excluding hydrogens is 248 g/mol. The highest BCUT2D eigenvalue weighted by atomic mass is 32.1. The molecule has 0 amide bonds. The summed E-state index contributed by atoms with van der Waals surface area (Å²) in [4.78, 5) is 13.7. The number of rotatable bonds is 3. The highest BCUT2D eigenvalue weighted by Crippen LogP contribution is 2.45. The summed E-state index contributed by atoms with van der Waals surface area (Å²) in [5.74, 6) is -0.206. The van der Waals surface area contributed by atoms with E-state index in [0.717, 1.165) is 25.7 Å². The summed E-state index contributed by atoms with van der Waals surface area (Å²) < 4.78 is 11.7. The molecule has 18 heavy (non-hydrogen) atoms. The van der Waals surface area contributed by atoms with Gasteiger partial charge in [-0.05, 0) is 32.3 Å². The predicted molar refractivity (Wildman–Crippen MR) is 69.8 cm³/mol. The Hall–Kier alpha value is -0.710. The van der Waals surface area contributed by atoms with Crippen LogP contribution in [0.1, 0.15) is 41.5 Å². The average molecular weight is 266 g/mol. The number of Topliss-reactive ketones (excluding diaryl/α,β-unsaturated/α-hetero) is 1. The Kier molecular flexibility index (Phi) is 3.26. The van der Waals surface area contributed by atoms with Gasteiger partial charge < -0.3 is 14.3 Å². The van der Waals surface area contributed by atoms with Crippen LogP contribution in [0.15, 0.2) is 6.07 Å². The zero-order chi connectivity index (χ0) is 12.6. The summed E-state index contributed by atoms with van der Waals surface area (Å²) in [6.45, 7) is 3.04. The van der Waals surface area contributed by atoms with Crippen LogP contribution in [0.5, 0.6) is 0 Å². The number of fused-ring (bicyclic) bond motifs is 2. The van der Waals surface area contributed by atoms with Crippen LogP contribution in [-0.2, 0) is 32.9 Å². The van der Waals surface area contributed by atoms with Crippen molar-refractivity contribution in [1.29, 1.82) is 0 Å². The SMILES string of the molecule is CC(=O)CCc1cc2c(s1)CCCC21OCCO1. The van der Waals surface area contributed by atoms with Gasteiger partial charge in [-0.1, -0.05) is 0 Å². The number of hydrogen-bond donors (Lipinski definition) is 0. The minimum Gasteiger partial charge on any atom is -0.343 e. The van der Waals surface area contributed by atoms with Gasteiger partial charge in [0, 0.05) is 28.2 Å². The van der Waals surface area contributed by atoms with Gasteiger partial charge in [0.05, 0.1) is 13.2 Å². The van der Waals surface area contributed by atoms with Crippen molar-refractivity contribution < 1.29 is 14.3 Å². The molecule has 2 heterocycles. The number of thiophene rings is 1. The second kappa shape index (κ2) is 4.76. The Morgan fingerprint density at radius 1 is 1.44 bits per heavy atom. The molecule has 0 atom stereocenters. The smallest absolute Gasteiger partial charge is 0.196 e. The third-order valence-corrected chi connectivity index (χ3v) is 4.91. The lowest BCUT2D eigenvalue weighted by molar-refractivity contribution is -0.175. The predicted octanol–water partition coefficient (Wildman–Crippen LogP) is 2.81. The summed E-state index contributed by atoms with van der Waals surface area (Å²) in [5, 5.41) is 0. The molecule has 1 saturated heterocycles. The van der Waals surface area contributed by atoms with Crippen LogP contribution in [0.25, 0.3) is 0 Å². The summed E-state index contributed by atoms with van der Waals surface area (Å²) in [6, 6.07) is 2.20. The van der Waals surface area contributed by atoms with Gasteiger partial charge in [0.1, 0.15) is 5.78 Å². The van der Waals surface area contributed by atoms with Crippen molar-refractivity contribution in [3.05, 3.63) is 21.4 Å². The third-order valence-electron chi connectivity index (χ3n) is 3.66. The maximum absolute atomic E-state index is 11.1. The van der Waals surface area contributed by atoms with Gasteiger partial charge in [-0.25, -0.2) is 0 Å². The first-order valence-corrected chi connectivity index (χ1v) is 7.41. The van der Waals surface area contributed by atoms with Crippen molar-refractivity contribution in [1.82, 2.24) is 0 Å². The van der Waals surface area contributed by atoms with E-state index in [1.807, 2.05) is 11.3 Å². The minimum atomic E-state index is -0.460. The lowest BCUT2D eigenvalue weighted by Crippen LogP contribution is -2.30. The lowest BCUT2D eigenvalue weighted by atomic mass is 9.92. The zero-order valence-electron chi connectivity index (χ0n) is 10.7. The van der Waals surface area contributed by atoms with E-state index in [1.54, 1.807) is 6.92 Å². The molecule has 0 N–H and O–H groups in total. The highest BCUT2D eigenvalue weighted by molar-refractivity contribution is 7.12. The van der Waals surface area contributed by atoms with Gasteiger partial charge >= 0.3 is 0 Å². The largest absolute Gasteiger partial charge is 0.343 e. The van der Waals surface area contributed by atoms with Gasteiger partial charge in [0.25, 0.3) is 0 Å². The van der Waals surface area contributed by atoms with Crippen molar-refractivity contribution in [2.45, 2.75) is 44.8 Å². The molecule has 0 aromatic carbocycles. The Balaban J connectivity index is 1.86. The summed E-state index contributed by atoms with van der Waals surface area (Å²) in [5.41, 5.74) is 1.23. The monoisotopic (exact) mass is 266 g/mol. The molecule has 1 fully saturated rings. The molecular formula is C14H18O3S. The highest BCUT2D eigenvalue weighted by Gasteiger charge is 2.43. The fourth-order valence-corrected chi connectivity index (χ4v) is 4.05. The number of hydrogen-bond acceptors (Lipinski definition) is 4. The van der Waals surface area contributed by atoms with Crippen LogP contribution in [0.3, 0.4) is 0 Å². The number of carbonyl (C=O) groups is 1. The molecule has 1 aliphatic carbocycles. The first-order valence-electron chi connectivity index (χ1n) is 6.59. The average Bonchev–Trinajstić information content (AvgIpc) is 2.95. The van der Waals surface area contributed by atoms with Gasteiger partial charge in [0.15, 0.2) is 5.79 Å². The van der Waals surface area contributed by atoms with E-state index in [2.05, 4.69) is 6.07 Å². The fourth-order valence-electron chi connectivity index (χ4n) is 2.79. The Morgan fingerprint density at radius 2 is 2.22 bits per heavy atom. The minimum absolute atomic E-state index is 0.254. The van der Waals surface area contributed by atoms with E-state index >= 15 is 0 Å². The van der Waals surface area contributed by atoms with Crippen LogP contribution in [0, 0.1) is 0 Å². The summed E-state index contributed by atoms with van der Waals surface area (Å²) >= 11 is 1.83. The van der Waals surface area contributed by atoms with Crippen molar-refractivity contribution >= 4 is 17.1 Å². The Bertz CT molecular complexity index is 458. The topological polar surface area (TPSA) is 35.5 Å². The number of ketones is 1. The molecule has 3 rings (SSSR count). The molecule has 0 saturated carbocycles. The van der Waals surface area contributed by atoms with Crippen molar-refractivity contribution in [2.24, 2.45) is 0 Å². The molecule has 98 valence electrons. The van der Waals surface area contributed by atoms with E-state index in [1.165, 1.54) is 15.3 Å². The first kappa shape index (κ1) is 12.3. The molecule has 1 aromatic heterocycles. The van der Waals surface area contributed by atoms with Gasteiger partial charge in [-0.15, -0.1) is 11.3 Å². The molecule has 0 radical (unpaired) electrons. The standard InChI is InChI=1S/C14H18O3S/c1-10(15)4-5-11-9-12-13(18-11)3-2-6-14(12)16-7-8-17-14/h9H,2-8H2,1H3. The van der Waals surface area contributed by atoms with E-state index < -0.39 is 5.79 Å². The molecule has 0 bridgehead atoms. The maximum atomic E-state index is 11.1. The second-order valence-electron chi connectivity index (χ2n) is 5.05. The summed E-state index contributed by atoms with van der Waals surface area (Å²) in [6.07, 6.45) is 4.69. The molecule has 1 spiro atoms.